The van der Waals surface area contributed by atoms with Crippen molar-refractivity contribution in [3.63, 3.8) is 0 Å². The van der Waals surface area contributed by atoms with Crippen LogP contribution in [0.1, 0.15) is 36.5 Å². The maximum atomic E-state index is 12.1. The second-order valence-corrected chi connectivity index (χ2v) is 4.50. The lowest BCUT2D eigenvalue weighted by molar-refractivity contribution is -0.385. The van der Waals surface area contributed by atoms with E-state index in [1.54, 1.807) is 0 Å². The fourth-order valence-electron chi connectivity index (χ4n) is 1.85. The number of nitrogens with one attached hydrogen (secondary N) is 1. The van der Waals surface area contributed by atoms with E-state index in [9.17, 15) is 19.7 Å². The van der Waals surface area contributed by atoms with Gasteiger partial charge in [0.2, 0.25) is 0 Å². The summed E-state index contributed by atoms with van der Waals surface area (Å²) in [6, 6.07) is 2.75. The average molecular weight is 295 g/mol. The molecule has 0 aliphatic heterocycles. The van der Waals surface area contributed by atoms with Crippen molar-refractivity contribution in [1.82, 2.24) is 5.32 Å². The molecule has 0 spiro atoms. The quantitative estimate of drug-likeness (QED) is 0.396. The molecule has 114 valence electrons. The van der Waals surface area contributed by atoms with Crippen molar-refractivity contribution in [3.05, 3.63) is 33.9 Å². The SMILES string of the molecule is CCCC[C@H](NC(=O)c1c(N)cccc1[N+](=O)[O-])C(=O)O. The van der Waals surface area contributed by atoms with Gasteiger partial charge in [-0.2, -0.15) is 0 Å². The molecule has 8 nitrogen and oxygen atoms in total. The molecule has 1 atom stereocenters. The zero-order valence-corrected chi connectivity index (χ0v) is 11.5. The summed E-state index contributed by atoms with van der Waals surface area (Å²) in [4.78, 5) is 33.4. The normalized spacial score (nSPS) is 11.7. The standard InChI is InChI=1S/C13H17N3O5/c1-2-3-6-9(13(18)19)15-12(17)11-8(14)5-4-7-10(11)16(20)21/h4-5,7,9H,2-3,6,14H2,1H3,(H,15,17)(H,18,19)/t9-/m0/s1. The number of nitrogen functional groups attached to an aromatic ring is 1. The monoisotopic (exact) mass is 295 g/mol. The number of carboxylic acids is 1. The van der Waals surface area contributed by atoms with Crippen LogP contribution < -0.4 is 11.1 Å². The van der Waals surface area contributed by atoms with Crippen LogP contribution in [-0.2, 0) is 4.79 Å². The van der Waals surface area contributed by atoms with Crippen molar-refractivity contribution in [1.29, 1.82) is 0 Å². The number of benzene rings is 1. The molecular weight excluding hydrogens is 278 g/mol. The molecule has 0 aromatic heterocycles. The number of hydrogen-bond donors (Lipinski definition) is 3. The van der Waals surface area contributed by atoms with Crippen molar-refractivity contribution in [2.24, 2.45) is 0 Å². The number of carboxylic acid groups (broad SMARTS) is 1. The molecule has 0 fully saturated rings. The van der Waals surface area contributed by atoms with Crippen molar-refractivity contribution in [3.8, 4) is 0 Å². The maximum absolute atomic E-state index is 12.1. The Bertz CT molecular complexity index is 559. The van der Waals surface area contributed by atoms with Gasteiger partial charge in [0.1, 0.15) is 11.6 Å². The smallest absolute Gasteiger partial charge is 0.326 e. The van der Waals surface area contributed by atoms with Crippen LogP contribution in [0.5, 0.6) is 0 Å². The van der Waals surface area contributed by atoms with Gasteiger partial charge >= 0.3 is 5.97 Å². The summed E-state index contributed by atoms with van der Waals surface area (Å²) in [5.41, 5.74) is 4.76. The van der Waals surface area contributed by atoms with Crippen molar-refractivity contribution < 1.29 is 19.6 Å². The van der Waals surface area contributed by atoms with Gasteiger partial charge in [-0.25, -0.2) is 4.79 Å². The number of nitro benzene ring substituents is 1. The van der Waals surface area contributed by atoms with E-state index in [4.69, 9.17) is 10.8 Å². The van der Waals surface area contributed by atoms with Crippen LogP contribution in [0, 0.1) is 10.1 Å². The van der Waals surface area contributed by atoms with E-state index in [0.29, 0.717) is 6.42 Å². The maximum Gasteiger partial charge on any atom is 0.326 e. The summed E-state index contributed by atoms with van der Waals surface area (Å²) < 4.78 is 0. The summed E-state index contributed by atoms with van der Waals surface area (Å²) in [6.45, 7) is 1.89. The van der Waals surface area contributed by atoms with Crippen LogP contribution >= 0.6 is 0 Å². The van der Waals surface area contributed by atoms with E-state index >= 15 is 0 Å². The Balaban J connectivity index is 3.02. The molecule has 0 radical (unpaired) electrons. The molecule has 0 bridgehead atoms. The Labute approximate surface area is 121 Å². The highest BCUT2D eigenvalue weighted by molar-refractivity contribution is 6.04. The third-order valence-corrected chi connectivity index (χ3v) is 2.95. The van der Waals surface area contributed by atoms with Crippen LogP contribution in [0.25, 0.3) is 0 Å². The Kier molecular flexibility index (Phi) is 5.65. The molecule has 0 aliphatic rings. The highest BCUT2D eigenvalue weighted by Crippen LogP contribution is 2.24. The lowest BCUT2D eigenvalue weighted by Gasteiger charge is -2.14. The van der Waals surface area contributed by atoms with Gasteiger partial charge in [0.15, 0.2) is 0 Å². The van der Waals surface area contributed by atoms with Gasteiger partial charge in [0, 0.05) is 6.07 Å². The Morgan fingerprint density at radius 2 is 2.14 bits per heavy atom. The second kappa shape index (κ2) is 7.22. The van der Waals surface area contributed by atoms with E-state index in [-0.39, 0.29) is 17.7 Å². The van der Waals surface area contributed by atoms with Crippen LogP contribution in [0.2, 0.25) is 0 Å². The van der Waals surface area contributed by atoms with E-state index in [1.165, 1.54) is 12.1 Å². The largest absolute Gasteiger partial charge is 0.480 e. The average Bonchev–Trinajstić information content (AvgIpc) is 2.42. The first kappa shape index (κ1) is 16.4. The Morgan fingerprint density at radius 3 is 2.67 bits per heavy atom. The molecule has 1 rings (SSSR count). The van der Waals surface area contributed by atoms with Crippen molar-refractivity contribution >= 4 is 23.3 Å². The van der Waals surface area contributed by atoms with Gasteiger partial charge < -0.3 is 16.2 Å². The molecule has 1 aromatic rings. The van der Waals surface area contributed by atoms with Gasteiger partial charge in [-0.05, 0) is 12.5 Å². The molecule has 4 N–H and O–H groups in total. The highest BCUT2D eigenvalue weighted by atomic mass is 16.6. The zero-order chi connectivity index (χ0) is 16.0. The number of carbonyl (C=O) groups excluding carboxylic acids is 1. The third-order valence-electron chi connectivity index (χ3n) is 2.95. The molecule has 0 unspecified atom stereocenters. The fraction of sp³-hybridized carbons (Fsp3) is 0.385. The number of hydrogen-bond acceptors (Lipinski definition) is 5. The summed E-state index contributed by atoms with van der Waals surface area (Å²) in [5, 5.41) is 22.3. The molecule has 1 amide bonds. The summed E-state index contributed by atoms with van der Waals surface area (Å²) >= 11 is 0. The summed E-state index contributed by atoms with van der Waals surface area (Å²) in [6.07, 6.45) is 1.63. The van der Waals surface area contributed by atoms with Crippen LogP contribution in [0.4, 0.5) is 11.4 Å². The number of anilines is 1. The first-order valence-corrected chi connectivity index (χ1v) is 6.45. The molecule has 8 heteroatoms. The summed E-state index contributed by atoms with van der Waals surface area (Å²) in [5.74, 6) is -2.04. The fourth-order valence-corrected chi connectivity index (χ4v) is 1.85. The predicted octanol–water partition coefficient (Wildman–Crippen LogP) is 1.55. The minimum absolute atomic E-state index is 0.0682. The lowest BCUT2D eigenvalue weighted by atomic mass is 10.1. The number of unbranched alkanes of at least 4 members (excludes halogenated alkanes) is 1. The van der Waals surface area contributed by atoms with Gasteiger partial charge in [0.25, 0.3) is 11.6 Å². The number of rotatable bonds is 7. The van der Waals surface area contributed by atoms with Gasteiger partial charge in [-0.3, -0.25) is 14.9 Å². The molecule has 0 saturated heterocycles. The first-order chi connectivity index (χ1) is 9.88. The van der Waals surface area contributed by atoms with Crippen molar-refractivity contribution in [2.75, 3.05) is 5.73 Å². The molecule has 0 heterocycles. The minimum atomic E-state index is -1.19. The lowest BCUT2D eigenvalue weighted by Crippen LogP contribution is -2.41. The van der Waals surface area contributed by atoms with E-state index < -0.39 is 28.5 Å². The predicted molar refractivity (Wildman–Crippen MR) is 75.9 cm³/mol. The second-order valence-electron chi connectivity index (χ2n) is 4.50. The number of amides is 1. The number of nitro groups is 1. The number of nitrogens with two attached hydrogens (primary N) is 1. The molecule has 0 saturated carbocycles. The minimum Gasteiger partial charge on any atom is -0.480 e. The van der Waals surface area contributed by atoms with E-state index in [1.807, 2.05) is 6.92 Å². The van der Waals surface area contributed by atoms with Gasteiger partial charge in [0.05, 0.1) is 10.6 Å². The van der Waals surface area contributed by atoms with Crippen molar-refractivity contribution in [2.45, 2.75) is 32.2 Å². The number of aliphatic carboxylic acids is 1. The first-order valence-electron chi connectivity index (χ1n) is 6.45. The topological polar surface area (TPSA) is 136 Å². The van der Waals surface area contributed by atoms with Gasteiger partial charge in [-0.1, -0.05) is 25.8 Å². The molecule has 21 heavy (non-hydrogen) atoms. The summed E-state index contributed by atoms with van der Waals surface area (Å²) in [7, 11) is 0. The molecule has 1 aromatic carbocycles. The third kappa shape index (κ3) is 4.16. The zero-order valence-electron chi connectivity index (χ0n) is 11.5. The number of carbonyl (C=O) groups is 2. The molecule has 0 aliphatic carbocycles. The Morgan fingerprint density at radius 1 is 1.48 bits per heavy atom. The van der Waals surface area contributed by atoms with Crippen LogP contribution in [0.3, 0.4) is 0 Å². The number of nitrogens with zero attached hydrogens (tertiary/aromatic N) is 1. The highest BCUT2D eigenvalue weighted by Gasteiger charge is 2.27. The van der Waals surface area contributed by atoms with Crippen LogP contribution in [0.15, 0.2) is 18.2 Å². The van der Waals surface area contributed by atoms with E-state index in [0.717, 1.165) is 12.5 Å². The molecular formula is C13H17N3O5. The van der Waals surface area contributed by atoms with Crippen LogP contribution in [-0.4, -0.2) is 27.9 Å². The van der Waals surface area contributed by atoms with Gasteiger partial charge in [-0.15, -0.1) is 0 Å². The Hall–Kier alpha value is -2.64. The van der Waals surface area contributed by atoms with E-state index in [2.05, 4.69) is 5.32 Å².